The molecule has 19 heavy (non-hydrogen) atoms. The number of ether oxygens (including phenoxy) is 2. The van der Waals surface area contributed by atoms with Crippen LogP contribution in [-0.2, 0) is 7.05 Å². The Hall–Kier alpha value is -1.88. The largest absolute Gasteiger partial charge is 0.486 e. The number of aryl methyl sites for hydroxylation is 1. The van der Waals surface area contributed by atoms with Crippen LogP contribution in [0.5, 0.6) is 11.5 Å². The first kappa shape index (κ1) is 12.2. The van der Waals surface area contributed by atoms with Crippen LogP contribution in [0.1, 0.15) is 5.56 Å². The molecule has 3 rings (SSSR count). The van der Waals surface area contributed by atoms with Crippen molar-refractivity contribution in [2.24, 2.45) is 7.05 Å². The summed E-state index contributed by atoms with van der Waals surface area (Å²) in [4.78, 5) is 0. The summed E-state index contributed by atoms with van der Waals surface area (Å²) in [5, 5.41) is 4.72. The highest BCUT2D eigenvalue weighted by Gasteiger charge is 2.22. The van der Waals surface area contributed by atoms with E-state index in [0.717, 1.165) is 16.7 Å². The number of hydrogen-bond donors (Lipinski definition) is 1. The molecule has 1 aliphatic heterocycles. The SMILES string of the molecule is Cc1c(-c2cnn(C)c2N)cc2c(c1Cl)OCCO2. The lowest BCUT2D eigenvalue weighted by molar-refractivity contribution is 0.171. The molecule has 1 aliphatic rings. The second-order valence-corrected chi connectivity index (χ2v) is 4.83. The third-order valence-corrected chi connectivity index (χ3v) is 3.75. The van der Waals surface area contributed by atoms with Crippen molar-refractivity contribution in [2.45, 2.75) is 6.92 Å². The van der Waals surface area contributed by atoms with Gasteiger partial charge < -0.3 is 15.2 Å². The van der Waals surface area contributed by atoms with Gasteiger partial charge in [-0.3, -0.25) is 4.68 Å². The average Bonchev–Trinajstić information content (AvgIpc) is 2.75. The molecule has 0 bridgehead atoms. The lowest BCUT2D eigenvalue weighted by atomic mass is 10.0. The Kier molecular flexibility index (Phi) is 2.78. The van der Waals surface area contributed by atoms with Gasteiger partial charge in [-0.2, -0.15) is 5.10 Å². The molecule has 0 saturated heterocycles. The van der Waals surface area contributed by atoms with E-state index < -0.39 is 0 Å². The Morgan fingerprint density at radius 3 is 2.74 bits per heavy atom. The minimum atomic E-state index is 0.514. The number of nitrogens with zero attached hydrogens (tertiary/aromatic N) is 2. The number of fused-ring (bicyclic) bond motifs is 1. The molecule has 2 heterocycles. The maximum atomic E-state index is 6.35. The van der Waals surface area contributed by atoms with E-state index in [1.807, 2.05) is 13.0 Å². The summed E-state index contributed by atoms with van der Waals surface area (Å²) in [6.45, 7) is 2.97. The van der Waals surface area contributed by atoms with Crippen LogP contribution in [0.3, 0.4) is 0 Å². The van der Waals surface area contributed by atoms with Gasteiger partial charge in [-0.15, -0.1) is 0 Å². The molecule has 2 N–H and O–H groups in total. The summed E-state index contributed by atoms with van der Waals surface area (Å²) in [6.07, 6.45) is 1.73. The summed E-state index contributed by atoms with van der Waals surface area (Å²) in [6, 6.07) is 1.91. The summed E-state index contributed by atoms with van der Waals surface area (Å²) in [5.41, 5.74) is 8.69. The third kappa shape index (κ3) is 1.81. The van der Waals surface area contributed by atoms with Crippen molar-refractivity contribution in [3.05, 3.63) is 22.8 Å². The van der Waals surface area contributed by atoms with Gasteiger partial charge in [0.2, 0.25) is 0 Å². The van der Waals surface area contributed by atoms with Gasteiger partial charge in [-0.1, -0.05) is 11.6 Å². The van der Waals surface area contributed by atoms with E-state index in [0.29, 0.717) is 35.6 Å². The Morgan fingerprint density at radius 1 is 1.32 bits per heavy atom. The fourth-order valence-corrected chi connectivity index (χ4v) is 2.42. The van der Waals surface area contributed by atoms with Crippen molar-refractivity contribution in [1.29, 1.82) is 0 Å². The second-order valence-electron chi connectivity index (χ2n) is 4.45. The van der Waals surface area contributed by atoms with E-state index in [1.165, 1.54) is 0 Å². The molecular weight excluding hydrogens is 266 g/mol. The molecule has 1 aromatic carbocycles. The summed E-state index contributed by atoms with van der Waals surface area (Å²) in [7, 11) is 1.80. The van der Waals surface area contributed by atoms with Gasteiger partial charge >= 0.3 is 0 Å². The number of halogens is 1. The molecule has 0 aliphatic carbocycles. The molecule has 0 unspecified atom stereocenters. The van der Waals surface area contributed by atoms with E-state index in [4.69, 9.17) is 26.8 Å². The molecule has 0 radical (unpaired) electrons. The Morgan fingerprint density at radius 2 is 2.05 bits per heavy atom. The van der Waals surface area contributed by atoms with Gasteiger partial charge in [0.15, 0.2) is 11.5 Å². The molecule has 2 aromatic rings. The topological polar surface area (TPSA) is 62.3 Å². The molecule has 1 aromatic heterocycles. The number of hydrogen-bond acceptors (Lipinski definition) is 4. The van der Waals surface area contributed by atoms with Crippen molar-refractivity contribution in [2.75, 3.05) is 18.9 Å². The number of benzene rings is 1. The van der Waals surface area contributed by atoms with Gasteiger partial charge in [0.25, 0.3) is 0 Å². The predicted molar refractivity (Wildman–Crippen MR) is 73.8 cm³/mol. The smallest absolute Gasteiger partial charge is 0.180 e. The standard InChI is InChI=1S/C13H14ClN3O2/c1-7-8(9-6-16-17(2)13(9)15)5-10-12(11(7)14)19-4-3-18-10/h5-6H,3-4,15H2,1-2H3. The molecular formula is C13H14ClN3O2. The zero-order valence-corrected chi connectivity index (χ0v) is 11.5. The highest BCUT2D eigenvalue weighted by atomic mass is 35.5. The number of nitrogen functional groups attached to an aromatic ring is 1. The molecule has 5 nitrogen and oxygen atoms in total. The molecule has 0 spiro atoms. The third-order valence-electron chi connectivity index (χ3n) is 3.29. The van der Waals surface area contributed by atoms with E-state index in [-0.39, 0.29) is 0 Å². The first-order valence-electron chi connectivity index (χ1n) is 5.96. The van der Waals surface area contributed by atoms with Gasteiger partial charge in [0, 0.05) is 12.6 Å². The fourth-order valence-electron chi connectivity index (χ4n) is 2.17. The molecule has 6 heteroatoms. The Bertz CT molecular complexity index is 652. The average molecular weight is 280 g/mol. The maximum absolute atomic E-state index is 6.35. The van der Waals surface area contributed by atoms with Crippen LogP contribution >= 0.6 is 11.6 Å². The summed E-state index contributed by atoms with van der Waals surface area (Å²) < 4.78 is 12.8. The number of rotatable bonds is 1. The summed E-state index contributed by atoms with van der Waals surface area (Å²) >= 11 is 6.35. The number of anilines is 1. The van der Waals surface area contributed by atoms with Crippen LogP contribution in [0.25, 0.3) is 11.1 Å². The lowest BCUT2D eigenvalue weighted by Crippen LogP contribution is -2.16. The van der Waals surface area contributed by atoms with Crippen LogP contribution < -0.4 is 15.2 Å². The molecule has 0 amide bonds. The first-order chi connectivity index (χ1) is 9.09. The minimum absolute atomic E-state index is 0.514. The quantitative estimate of drug-likeness (QED) is 0.871. The zero-order chi connectivity index (χ0) is 13.6. The van der Waals surface area contributed by atoms with E-state index >= 15 is 0 Å². The molecule has 0 fully saturated rings. The van der Waals surface area contributed by atoms with Crippen LogP contribution in [0.2, 0.25) is 5.02 Å². The van der Waals surface area contributed by atoms with Crippen molar-refractivity contribution in [3.63, 3.8) is 0 Å². The van der Waals surface area contributed by atoms with Gasteiger partial charge in [0.1, 0.15) is 19.0 Å². The van der Waals surface area contributed by atoms with Crippen molar-refractivity contribution < 1.29 is 9.47 Å². The fraction of sp³-hybridized carbons (Fsp3) is 0.308. The van der Waals surface area contributed by atoms with Crippen molar-refractivity contribution in [1.82, 2.24) is 9.78 Å². The first-order valence-corrected chi connectivity index (χ1v) is 6.34. The van der Waals surface area contributed by atoms with Crippen LogP contribution in [-0.4, -0.2) is 23.0 Å². The normalized spacial score (nSPS) is 13.6. The molecule has 100 valence electrons. The van der Waals surface area contributed by atoms with Crippen LogP contribution in [0, 0.1) is 6.92 Å². The highest BCUT2D eigenvalue weighted by Crippen LogP contribution is 2.44. The molecule has 0 atom stereocenters. The van der Waals surface area contributed by atoms with Crippen molar-refractivity contribution in [3.8, 4) is 22.6 Å². The van der Waals surface area contributed by atoms with Gasteiger partial charge in [0.05, 0.1) is 11.2 Å². The van der Waals surface area contributed by atoms with Crippen LogP contribution in [0.15, 0.2) is 12.3 Å². The predicted octanol–water partition coefficient (Wildman–Crippen LogP) is 2.40. The monoisotopic (exact) mass is 279 g/mol. The Balaban J connectivity index is 2.22. The second kappa shape index (κ2) is 4.35. The van der Waals surface area contributed by atoms with E-state index in [2.05, 4.69) is 5.10 Å². The lowest BCUT2D eigenvalue weighted by Gasteiger charge is -2.22. The zero-order valence-electron chi connectivity index (χ0n) is 10.7. The number of aromatic nitrogens is 2. The van der Waals surface area contributed by atoms with Gasteiger partial charge in [-0.05, 0) is 24.1 Å². The Labute approximate surface area is 115 Å². The van der Waals surface area contributed by atoms with Crippen LogP contribution in [0.4, 0.5) is 5.82 Å². The van der Waals surface area contributed by atoms with Gasteiger partial charge in [-0.25, -0.2) is 0 Å². The van der Waals surface area contributed by atoms with E-state index in [9.17, 15) is 0 Å². The highest BCUT2D eigenvalue weighted by molar-refractivity contribution is 6.33. The number of nitrogens with two attached hydrogens (primary N) is 1. The van der Waals surface area contributed by atoms with Crippen molar-refractivity contribution >= 4 is 17.4 Å². The maximum Gasteiger partial charge on any atom is 0.180 e. The summed E-state index contributed by atoms with van der Waals surface area (Å²) in [5.74, 6) is 1.85. The minimum Gasteiger partial charge on any atom is -0.486 e. The molecule has 0 saturated carbocycles. The van der Waals surface area contributed by atoms with E-state index in [1.54, 1.807) is 17.9 Å².